The van der Waals surface area contributed by atoms with E-state index < -0.39 is 23.5 Å². The molecule has 1 aliphatic carbocycles. The second-order valence-corrected chi connectivity index (χ2v) is 7.14. The number of fused-ring (bicyclic) bond motifs is 1. The Kier molecular flexibility index (Phi) is 4.43. The maximum atomic E-state index is 13.6. The van der Waals surface area contributed by atoms with Gasteiger partial charge in [-0.2, -0.15) is 9.61 Å². The van der Waals surface area contributed by atoms with E-state index in [0.29, 0.717) is 17.1 Å². The van der Waals surface area contributed by atoms with E-state index in [-0.39, 0.29) is 11.6 Å². The highest BCUT2D eigenvalue weighted by Gasteiger charge is 2.25. The molecular weight excluding hydrogens is 373 g/mol. The average molecular weight is 390 g/mol. The SMILES string of the molecule is C[C@H](NC(=O)Cn1nc2cc(C3CC3)cnn2c1=O)c1ccc(Cl)c(F)c1. The van der Waals surface area contributed by atoms with E-state index in [0.717, 1.165) is 23.1 Å². The fourth-order valence-corrected chi connectivity index (χ4v) is 3.07. The molecule has 3 aromatic rings. The second kappa shape index (κ2) is 6.77. The summed E-state index contributed by atoms with van der Waals surface area (Å²) in [6, 6.07) is 5.73. The monoisotopic (exact) mass is 389 g/mol. The minimum Gasteiger partial charge on any atom is -0.348 e. The average Bonchev–Trinajstić information content (AvgIpc) is 3.43. The van der Waals surface area contributed by atoms with Crippen molar-refractivity contribution in [2.75, 3.05) is 0 Å². The minimum atomic E-state index is -0.552. The van der Waals surface area contributed by atoms with Gasteiger partial charge in [-0.25, -0.2) is 13.9 Å². The summed E-state index contributed by atoms with van der Waals surface area (Å²) in [6.07, 6.45) is 3.91. The summed E-state index contributed by atoms with van der Waals surface area (Å²) in [5, 5.41) is 11.1. The highest BCUT2D eigenvalue weighted by Crippen LogP contribution is 2.39. The molecule has 0 saturated heterocycles. The van der Waals surface area contributed by atoms with Crippen LogP contribution in [0.2, 0.25) is 5.02 Å². The predicted octanol–water partition coefficient (Wildman–Crippen LogP) is 2.44. The number of aromatic nitrogens is 4. The summed E-state index contributed by atoms with van der Waals surface area (Å²) in [7, 11) is 0. The zero-order valence-electron chi connectivity index (χ0n) is 14.5. The Bertz CT molecular complexity index is 1090. The summed E-state index contributed by atoms with van der Waals surface area (Å²) >= 11 is 5.67. The van der Waals surface area contributed by atoms with Crippen molar-refractivity contribution < 1.29 is 9.18 Å². The van der Waals surface area contributed by atoms with Crippen LogP contribution in [0.5, 0.6) is 0 Å². The van der Waals surface area contributed by atoms with E-state index in [9.17, 15) is 14.0 Å². The molecule has 1 aromatic carbocycles. The third-order valence-corrected chi connectivity index (χ3v) is 4.93. The van der Waals surface area contributed by atoms with Crippen molar-refractivity contribution in [1.82, 2.24) is 24.7 Å². The Hall–Kier alpha value is -2.74. The largest absolute Gasteiger partial charge is 0.367 e. The minimum absolute atomic E-state index is 0.0200. The summed E-state index contributed by atoms with van der Waals surface area (Å²) in [5.41, 5.74) is 1.57. The smallest absolute Gasteiger partial charge is 0.348 e. The molecular formula is C18H17ClFN5O2. The Morgan fingerprint density at radius 2 is 2.19 bits per heavy atom. The quantitative estimate of drug-likeness (QED) is 0.726. The van der Waals surface area contributed by atoms with Crippen LogP contribution >= 0.6 is 11.6 Å². The Balaban J connectivity index is 1.49. The first-order chi connectivity index (χ1) is 12.9. The molecule has 0 bridgehead atoms. The van der Waals surface area contributed by atoms with Crippen molar-refractivity contribution in [3.63, 3.8) is 0 Å². The maximum absolute atomic E-state index is 13.6. The van der Waals surface area contributed by atoms with Crippen LogP contribution in [0.4, 0.5) is 4.39 Å². The van der Waals surface area contributed by atoms with Gasteiger partial charge in [0.2, 0.25) is 5.91 Å². The summed E-state index contributed by atoms with van der Waals surface area (Å²) < 4.78 is 15.8. The van der Waals surface area contributed by atoms with E-state index in [1.807, 2.05) is 6.07 Å². The van der Waals surface area contributed by atoms with Crippen LogP contribution in [0.15, 0.2) is 35.3 Å². The Morgan fingerprint density at radius 3 is 2.89 bits per heavy atom. The normalized spacial score (nSPS) is 15.1. The summed E-state index contributed by atoms with van der Waals surface area (Å²) in [5.74, 6) is -0.471. The second-order valence-electron chi connectivity index (χ2n) is 6.74. The molecule has 2 aromatic heterocycles. The first kappa shape index (κ1) is 17.7. The molecule has 0 aliphatic heterocycles. The fourth-order valence-electron chi connectivity index (χ4n) is 2.96. The Morgan fingerprint density at radius 1 is 1.41 bits per heavy atom. The van der Waals surface area contributed by atoms with Gasteiger partial charge in [0.25, 0.3) is 0 Å². The number of amides is 1. The lowest BCUT2D eigenvalue weighted by Crippen LogP contribution is -2.34. The zero-order valence-corrected chi connectivity index (χ0v) is 15.3. The van der Waals surface area contributed by atoms with Crippen molar-refractivity contribution >= 4 is 23.2 Å². The first-order valence-electron chi connectivity index (χ1n) is 8.62. The maximum Gasteiger partial charge on any atom is 0.367 e. The molecule has 1 saturated carbocycles. The molecule has 9 heteroatoms. The lowest BCUT2D eigenvalue weighted by Gasteiger charge is -2.14. The third kappa shape index (κ3) is 3.57. The van der Waals surface area contributed by atoms with Crippen LogP contribution in [0.25, 0.3) is 5.65 Å². The molecule has 140 valence electrons. The van der Waals surface area contributed by atoms with Crippen LogP contribution in [0.1, 0.15) is 42.9 Å². The molecule has 1 aliphatic rings. The highest BCUT2D eigenvalue weighted by atomic mass is 35.5. The molecule has 0 radical (unpaired) electrons. The van der Waals surface area contributed by atoms with Gasteiger partial charge in [-0.15, -0.1) is 5.10 Å². The standard InChI is InChI=1S/C18H17ClFN5O2/c1-10(12-4-5-14(19)15(20)6-12)22-17(26)9-24-18(27)25-16(23-24)7-13(8-21-25)11-2-3-11/h4-8,10-11H,2-3,9H2,1H3,(H,22,26)/t10-/m0/s1. The van der Waals surface area contributed by atoms with E-state index >= 15 is 0 Å². The van der Waals surface area contributed by atoms with Gasteiger partial charge in [0, 0.05) is 0 Å². The summed E-state index contributed by atoms with van der Waals surface area (Å²) in [4.78, 5) is 24.7. The van der Waals surface area contributed by atoms with Gasteiger partial charge in [-0.3, -0.25) is 4.79 Å². The fraction of sp³-hybridized carbons (Fsp3) is 0.333. The number of rotatable bonds is 5. The topological polar surface area (TPSA) is 81.3 Å². The molecule has 0 unspecified atom stereocenters. The zero-order chi connectivity index (χ0) is 19.1. The number of halogens is 2. The number of nitrogens with zero attached hydrogens (tertiary/aromatic N) is 4. The lowest BCUT2D eigenvalue weighted by molar-refractivity contribution is -0.122. The molecule has 1 amide bonds. The molecule has 1 N–H and O–H groups in total. The number of carbonyl (C=O) groups is 1. The molecule has 1 atom stereocenters. The van der Waals surface area contributed by atoms with Crippen LogP contribution in [0.3, 0.4) is 0 Å². The molecule has 2 heterocycles. The highest BCUT2D eigenvalue weighted by molar-refractivity contribution is 6.30. The molecule has 4 rings (SSSR count). The van der Waals surface area contributed by atoms with E-state index in [2.05, 4.69) is 15.5 Å². The molecule has 7 nitrogen and oxygen atoms in total. The van der Waals surface area contributed by atoms with Gasteiger partial charge in [0.05, 0.1) is 17.3 Å². The third-order valence-electron chi connectivity index (χ3n) is 4.62. The van der Waals surface area contributed by atoms with Crippen LogP contribution in [-0.4, -0.2) is 25.3 Å². The first-order valence-corrected chi connectivity index (χ1v) is 9.00. The van der Waals surface area contributed by atoms with Crippen molar-refractivity contribution in [3.8, 4) is 0 Å². The number of hydrogen-bond donors (Lipinski definition) is 1. The van der Waals surface area contributed by atoms with Crippen molar-refractivity contribution in [2.45, 2.75) is 38.3 Å². The van der Waals surface area contributed by atoms with Gasteiger partial charge in [0.1, 0.15) is 12.4 Å². The van der Waals surface area contributed by atoms with Crippen molar-refractivity contribution in [3.05, 3.63) is 62.9 Å². The van der Waals surface area contributed by atoms with E-state index in [1.54, 1.807) is 19.2 Å². The number of hydrogen-bond acceptors (Lipinski definition) is 4. The van der Waals surface area contributed by atoms with Crippen molar-refractivity contribution in [1.29, 1.82) is 0 Å². The summed E-state index contributed by atoms with van der Waals surface area (Å²) in [6.45, 7) is 1.47. The van der Waals surface area contributed by atoms with Gasteiger partial charge in [0.15, 0.2) is 5.65 Å². The molecule has 27 heavy (non-hydrogen) atoms. The number of carbonyl (C=O) groups excluding carboxylic acids is 1. The van der Waals surface area contributed by atoms with E-state index in [1.165, 1.54) is 16.6 Å². The van der Waals surface area contributed by atoms with Gasteiger partial charge < -0.3 is 5.32 Å². The van der Waals surface area contributed by atoms with Gasteiger partial charge in [-0.05, 0) is 55.0 Å². The van der Waals surface area contributed by atoms with Gasteiger partial charge in [-0.1, -0.05) is 17.7 Å². The molecule has 1 fully saturated rings. The predicted molar refractivity (Wildman–Crippen MR) is 97.2 cm³/mol. The van der Waals surface area contributed by atoms with Crippen LogP contribution in [0, 0.1) is 5.82 Å². The number of benzene rings is 1. The molecule has 0 spiro atoms. The van der Waals surface area contributed by atoms with Crippen LogP contribution in [-0.2, 0) is 11.3 Å². The van der Waals surface area contributed by atoms with Crippen LogP contribution < -0.4 is 11.0 Å². The van der Waals surface area contributed by atoms with Crippen molar-refractivity contribution in [2.24, 2.45) is 0 Å². The van der Waals surface area contributed by atoms with Gasteiger partial charge >= 0.3 is 5.69 Å². The number of nitrogens with one attached hydrogen (secondary N) is 1. The van der Waals surface area contributed by atoms with E-state index in [4.69, 9.17) is 11.6 Å². The lowest BCUT2D eigenvalue weighted by atomic mass is 10.1. The Labute approximate surface area is 158 Å².